The lowest BCUT2D eigenvalue weighted by Crippen LogP contribution is -2.27. The second-order valence-corrected chi connectivity index (χ2v) is 6.00. The highest BCUT2D eigenvalue weighted by atomic mass is 16.2. The summed E-state index contributed by atoms with van der Waals surface area (Å²) < 4.78 is 0. The molecule has 1 unspecified atom stereocenters. The minimum absolute atomic E-state index is 0.0182. The largest absolute Gasteiger partial charge is 0.314 e. The Kier molecular flexibility index (Phi) is 4.68. The molecule has 26 heavy (non-hydrogen) atoms. The first-order valence-electron chi connectivity index (χ1n) is 8.10. The lowest BCUT2D eigenvalue weighted by atomic mass is 9.96. The first kappa shape index (κ1) is 17.2. The molecule has 1 aliphatic rings. The van der Waals surface area contributed by atoms with Crippen LogP contribution < -0.4 is 10.2 Å². The summed E-state index contributed by atoms with van der Waals surface area (Å²) in [5, 5.41) is 20.3. The highest BCUT2D eigenvalue weighted by Crippen LogP contribution is 2.38. The van der Waals surface area contributed by atoms with Gasteiger partial charge >= 0.3 is 0 Å². The number of imidazole rings is 1. The standard InChI is InChI=1S/C18H16N6O2/c1-11(25)24-10-12(13-4-2-3-5-16(13)24)6-7-17(26)23-18-21-14(8-19)15(9-20)22-18/h2-5,12H,6-7,10H2,1H3,(H2,21,22,23,26). The molecule has 0 spiro atoms. The summed E-state index contributed by atoms with van der Waals surface area (Å²) in [4.78, 5) is 32.2. The Morgan fingerprint density at radius 3 is 2.77 bits per heavy atom. The average molecular weight is 348 g/mol. The average Bonchev–Trinajstić information content (AvgIpc) is 3.20. The Balaban J connectivity index is 1.64. The number of fused-ring (bicyclic) bond motifs is 1. The topological polar surface area (TPSA) is 126 Å². The monoisotopic (exact) mass is 348 g/mol. The van der Waals surface area contributed by atoms with E-state index in [1.807, 2.05) is 30.3 Å². The summed E-state index contributed by atoms with van der Waals surface area (Å²) in [5.41, 5.74) is 1.93. The van der Waals surface area contributed by atoms with E-state index in [0.717, 1.165) is 11.3 Å². The molecule has 1 aromatic carbocycles. The minimum Gasteiger partial charge on any atom is -0.314 e. The van der Waals surface area contributed by atoms with Crippen LogP contribution in [0.25, 0.3) is 0 Å². The molecule has 1 aromatic heterocycles. The van der Waals surface area contributed by atoms with E-state index in [1.165, 1.54) is 6.92 Å². The van der Waals surface area contributed by atoms with Crippen molar-refractivity contribution in [3.63, 3.8) is 0 Å². The van der Waals surface area contributed by atoms with Crippen molar-refractivity contribution in [1.82, 2.24) is 9.97 Å². The van der Waals surface area contributed by atoms with Crippen molar-refractivity contribution < 1.29 is 9.59 Å². The molecular weight excluding hydrogens is 332 g/mol. The van der Waals surface area contributed by atoms with E-state index >= 15 is 0 Å². The number of nitriles is 2. The smallest absolute Gasteiger partial charge is 0.226 e. The fourth-order valence-corrected chi connectivity index (χ4v) is 3.13. The summed E-state index contributed by atoms with van der Waals surface area (Å²) in [6, 6.07) is 11.3. The molecule has 2 N–H and O–H groups in total. The number of nitrogens with zero attached hydrogens (tertiary/aromatic N) is 4. The number of carbonyl (C=O) groups is 2. The predicted octanol–water partition coefficient (Wildman–Crippen LogP) is 2.02. The lowest BCUT2D eigenvalue weighted by molar-refractivity contribution is -0.116. The first-order chi connectivity index (χ1) is 12.5. The van der Waals surface area contributed by atoms with Gasteiger partial charge in [0.2, 0.25) is 17.8 Å². The third kappa shape index (κ3) is 3.26. The van der Waals surface area contributed by atoms with Gasteiger partial charge in [-0.25, -0.2) is 4.98 Å². The van der Waals surface area contributed by atoms with Gasteiger partial charge < -0.3 is 9.88 Å². The van der Waals surface area contributed by atoms with Crippen molar-refractivity contribution in [2.45, 2.75) is 25.7 Å². The van der Waals surface area contributed by atoms with Crippen LogP contribution in [0.3, 0.4) is 0 Å². The van der Waals surface area contributed by atoms with Crippen molar-refractivity contribution in [3.8, 4) is 12.1 Å². The molecule has 3 rings (SSSR count). The zero-order valence-electron chi connectivity index (χ0n) is 14.1. The molecule has 0 fully saturated rings. The number of carbonyl (C=O) groups excluding carboxylic acids is 2. The summed E-state index contributed by atoms with van der Waals surface area (Å²) in [6.07, 6.45) is 0.804. The van der Waals surface area contributed by atoms with Crippen LogP contribution in [0, 0.1) is 22.7 Å². The van der Waals surface area contributed by atoms with Crippen LogP contribution in [-0.2, 0) is 9.59 Å². The summed E-state index contributed by atoms with van der Waals surface area (Å²) >= 11 is 0. The van der Waals surface area contributed by atoms with E-state index in [2.05, 4.69) is 15.3 Å². The molecule has 0 radical (unpaired) electrons. The summed E-state index contributed by atoms with van der Waals surface area (Å²) in [6.45, 7) is 2.09. The van der Waals surface area contributed by atoms with Gasteiger partial charge in [-0.05, 0) is 18.1 Å². The van der Waals surface area contributed by atoms with E-state index in [-0.39, 0.29) is 41.5 Å². The first-order valence-corrected chi connectivity index (χ1v) is 8.10. The molecule has 2 aromatic rings. The quantitative estimate of drug-likeness (QED) is 0.874. The zero-order valence-corrected chi connectivity index (χ0v) is 14.1. The Morgan fingerprint density at radius 2 is 2.12 bits per heavy atom. The number of amides is 2. The van der Waals surface area contributed by atoms with E-state index in [4.69, 9.17) is 10.5 Å². The normalized spacial score (nSPS) is 15.0. The van der Waals surface area contributed by atoms with Crippen molar-refractivity contribution >= 4 is 23.5 Å². The number of hydrogen-bond donors (Lipinski definition) is 2. The van der Waals surface area contributed by atoms with Gasteiger partial charge in [0.05, 0.1) is 0 Å². The molecule has 8 heteroatoms. The second kappa shape index (κ2) is 7.08. The maximum atomic E-state index is 12.2. The maximum Gasteiger partial charge on any atom is 0.226 e. The summed E-state index contributed by atoms with van der Waals surface area (Å²) in [5.74, 6) is -0.124. The molecule has 130 valence electrons. The van der Waals surface area contributed by atoms with E-state index in [1.54, 1.807) is 11.0 Å². The van der Waals surface area contributed by atoms with Crippen LogP contribution >= 0.6 is 0 Å². The lowest BCUT2D eigenvalue weighted by Gasteiger charge is -2.15. The second-order valence-electron chi connectivity index (χ2n) is 6.00. The molecule has 2 amide bonds. The van der Waals surface area contributed by atoms with Crippen molar-refractivity contribution in [1.29, 1.82) is 10.5 Å². The third-order valence-electron chi connectivity index (χ3n) is 4.35. The Bertz CT molecular complexity index is 918. The summed E-state index contributed by atoms with van der Waals surface area (Å²) in [7, 11) is 0. The number of benzene rings is 1. The van der Waals surface area contributed by atoms with E-state index in [0.29, 0.717) is 13.0 Å². The highest BCUT2D eigenvalue weighted by molar-refractivity contribution is 5.94. The van der Waals surface area contributed by atoms with Gasteiger partial charge in [0.15, 0.2) is 11.4 Å². The maximum absolute atomic E-state index is 12.2. The molecule has 0 aliphatic carbocycles. The van der Waals surface area contributed by atoms with Crippen LogP contribution in [0.5, 0.6) is 0 Å². The number of aromatic nitrogens is 2. The zero-order chi connectivity index (χ0) is 18.7. The van der Waals surface area contributed by atoms with Crippen LogP contribution in [0.15, 0.2) is 24.3 Å². The van der Waals surface area contributed by atoms with Gasteiger partial charge in [-0.3, -0.25) is 14.9 Å². The number of anilines is 2. The van der Waals surface area contributed by atoms with Gasteiger partial charge in [0, 0.05) is 31.5 Å². The van der Waals surface area contributed by atoms with Crippen molar-refractivity contribution in [3.05, 3.63) is 41.2 Å². The van der Waals surface area contributed by atoms with Crippen LogP contribution in [-0.4, -0.2) is 28.3 Å². The van der Waals surface area contributed by atoms with Crippen molar-refractivity contribution in [2.24, 2.45) is 0 Å². The molecule has 0 saturated heterocycles. The Hall–Kier alpha value is -3.65. The number of H-pyrrole nitrogens is 1. The molecule has 1 atom stereocenters. The van der Waals surface area contributed by atoms with Gasteiger partial charge in [-0.2, -0.15) is 10.5 Å². The van der Waals surface area contributed by atoms with Gasteiger partial charge in [0.1, 0.15) is 12.1 Å². The number of aromatic amines is 1. The molecule has 8 nitrogen and oxygen atoms in total. The molecule has 0 bridgehead atoms. The molecule has 2 heterocycles. The molecular formula is C18H16N6O2. The van der Waals surface area contributed by atoms with E-state index < -0.39 is 0 Å². The van der Waals surface area contributed by atoms with Crippen LogP contribution in [0.1, 0.15) is 42.6 Å². The Labute approximate surface area is 150 Å². The number of nitrogens with one attached hydrogen (secondary N) is 2. The minimum atomic E-state index is -0.272. The fourth-order valence-electron chi connectivity index (χ4n) is 3.13. The van der Waals surface area contributed by atoms with E-state index in [9.17, 15) is 9.59 Å². The van der Waals surface area contributed by atoms with Gasteiger partial charge in [0.25, 0.3) is 0 Å². The van der Waals surface area contributed by atoms with Crippen LogP contribution in [0.2, 0.25) is 0 Å². The SMILES string of the molecule is CC(=O)N1CC(CCC(=O)Nc2nc(C#N)c(C#N)[nH]2)c2ccccc21. The Morgan fingerprint density at radius 1 is 1.35 bits per heavy atom. The van der Waals surface area contributed by atoms with Gasteiger partial charge in [-0.15, -0.1) is 0 Å². The van der Waals surface area contributed by atoms with Gasteiger partial charge in [-0.1, -0.05) is 18.2 Å². The number of rotatable bonds is 4. The molecule has 1 aliphatic heterocycles. The number of para-hydroxylation sites is 1. The predicted molar refractivity (Wildman–Crippen MR) is 93.1 cm³/mol. The number of hydrogen-bond acceptors (Lipinski definition) is 5. The molecule has 0 saturated carbocycles. The van der Waals surface area contributed by atoms with Crippen molar-refractivity contribution in [2.75, 3.05) is 16.8 Å². The fraction of sp³-hybridized carbons (Fsp3) is 0.278. The van der Waals surface area contributed by atoms with Crippen LogP contribution in [0.4, 0.5) is 11.6 Å². The highest BCUT2D eigenvalue weighted by Gasteiger charge is 2.30. The third-order valence-corrected chi connectivity index (χ3v) is 4.35.